The van der Waals surface area contributed by atoms with Crippen LogP contribution in [0.5, 0.6) is 5.75 Å². The van der Waals surface area contributed by atoms with E-state index in [0.717, 1.165) is 37.6 Å². The van der Waals surface area contributed by atoms with Crippen molar-refractivity contribution in [3.05, 3.63) is 34.9 Å². The summed E-state index contributed by atoms with van der Waals surface area (Å²) in [5.74, 6) is 0.0920. The molecule has 0 amide bonds. The molecular formula is C20H23F3N4O3. The second kappa shape index (κ2) is 8.37. The summed E-state index contributed by atoms with van der Waals surface area (Å²) in [5, 5.41) is 31.2. The number of β-amino-alcohol motifs (C(OH)–C–C–N with tert-alkyl or cyclic N) is 1. The van der Waals surface area contributed by atoms with Gasteiger partial charge in [0.25, 0.3) is 0 Å². The second-order valence-electron chi connectivity index (χ2n) is 7.58. The van der Waals surface area contributed by atoms with Crippen LogP contribution in [-0.2, 0) is 24.1 Å². The van der Waals surface area contributed by atoms with Crippen molar-refractivity contribution in [2.24, 2.45) is 0 Å². The van der Waals surface area contributed by atoms with Gasteiger partial charge in [-0.2, -0.15) is 13.2 Å². The van der Waals surface area contributed by atoms with E-state index in [0.29, 0.717) is 36.3 Å². The number of hydrogen-bond donors (Lipinski definition) is 3. The van der Waals surface area contributed by atoms with Gasteiger partial charge in [-0.15, -0.1) is 10.2 Å². The fourth-order valence-electron chi connectivity index (χ4n) is 4.02. The lowest BCUT2D eigenvalue weighted by Crippen LogP contribution is -2.43. The molecule has 4 rings (SSSR count). The number of piperidine rings is 1. The number of nitrogens with zero attached hydrogens (tertiary/aromatic N) is 3. The highest BCUT2D eigenvalue weighted by Gasteiger charge is 2.32. The third-order valence-electron chi connectivity index (χ3n) is 5.52. The maximum atomic E-state index is 12.9. The molecule has 1 fully saturated rings. The van der Waals surface area contributed by atoms with Crippen LogP contribution in [0.4, 0.5) is 19.0 Å². The molecule has 1 atom stereocenters. The lowest BCUT2D eigenvalue weighted by molar-refractivity contribution is -0.137. The van der Waals surface area contributed by atoms with Gasteiger partial charge in [-0.25, -0.2) is 0 Å². The third kappa shape index (κ3) is 4.21. The molecule has 1 saturated heterocycles. The van der Waals surface area contributed by atoms with Crippen LogP contribution < -0.4 is 5.32 Å². The summed E-state index contributed by atoms with van der Waals surface area (Å²) in [6.45, 7) is 3.01. The summed E-state index contributed by atoms with van der Waals surface area (Å²) in [7, 11) is 0. The van der Waals surface area contributed by atoms with E-state index in [4.69, 9.17) is 9.84 Å². The van der Waals surface area contributed by atoms with Crippen molar-refractivity contribution in [1.29, 1.82) is 0 Å². The topological polar surface area (TPSA) is 90.7 Å². The molecule has 2 aliphatic heterocycles. The van der Waals surface area contributed by atoms with Gasteiger partial charge in [0.15, 0.2) is 5.82 Å². The van der Waals surface area contributed by atoms with Crippen molar-refractivity contribution in [3.63, 3.8) is 0 Å². The van der Waals surface area contributed by atoms with Crippen molar-refractivity contribution in [1.82, 2.24) is 15.1 Å². The SMILES string of the molecule is OCCN1CCC[C@@H](Nc2nnc(-c3ccc(C(F)(F)F)cc3O)c3c2COC3)C1. The molecule has 0 unspecified atom stereocenters. The maximum absolute atomic E-state index is 12.9. The molecule has 0 radical (unpaired) electrons. The number of halogens is 3. The van der Waals surface area contributed by atoms with Crippen LogP contribution in [0.15, 0.2) is 18.2 Å². The van der Waals surface area contributed by atoms with E-state index in [9.17, 15) is 18.3 Å². The molecule has 2 aromatic rings. The van der Waals surface area contributed by atoms with Crippen molar-refractivity contribution in [3.8, 4) is 17.0 Å². The first-order chi connectivity index (χ1) is 14.4. The summed E-state index contributed by atoms with van der Waals surface area (Å²) in [5.41, 5.74) is 1.11. The average molecular weight is 424 g/mol. The molecule has 3 heterocycles. The van der Waals surface area contributed by atoms with Crippen LogP contribution >= 0.6 is 0 Å². The maximum Gasteiger partial charge on any atom is 0.416 e. The molecule has 1 aromatic carbocycles. The Bertz CT molecular complexity index is 921. The van der Waals surface area contributed by atoms with Crippen molar-refractivity contribution < 1.29 is 28.1 Å². The Morgan fingerprint density at radius 3 is 2.73 bits per heavy atom. The quantitative estimate of drug-likeness (QED) is 0.680. The van der Waals surface area contributed by atoms with Gasteiger partial charge in [0, 0.05) is 35.8 Å². The summed E-state index contributed by atoms with van der Waals surface area (Å²) in [6, 6.07) is 2.97. The Kier molecular flexibility index (Phi) is 5.81. The zero-order valence-electron chi connectivity index (χ0n) is 16.2. The minimum Gasteiger partial charge on any atom is -0.507 e. The molecule has 2 aliphatic rings. The van der Waals surface area contributed by atoms with Gasteiger partial charge >= 0.3 is 6.18 Å². The van der Waals surface area contributed by atoms with Crippen LogP contribution in [0.25, 0.3) is 11.3 Å². The van der Waals surface area contributed by atoms with Crippen molar-refractivity contribution >= 4 is 5.82 Å². The minimum absolute atomic E-state index is 0.112. The molecule has 3 N–H and O–H groups in total. The first-order valence-electron chi connectivity index (χ1n) is 9.83. The predicted octanol–water partition coefficient (Wildman–Crippen LogP) is 2.77. The number of alkyl halides is 3. The second-order valence-corrected chi connectivity index (χ2v) is 7.58. The van der Waals surface area contributed by atoms with E-state index < -0.39 is 17.5 Å². The molecular weight excluding hydrogens is 401 g/mol. The number of benzene rings is 1. The van der Waals surface area contributed by atoms with Gasteiger partial charge in [0.1, 0.15) is 11.4 Å². The smallest absolute Gasteiger partial charge is 0.416 e. The molecule has 0 saturated carbocycles. The van der Waals surface area contributed by atoms with Crippen LogP contribution in [-0.4, -0.2) is 57.6 Å². The van der Waals surface area contributed by atoms with Crippen molar-refractivity contribution in [2.75, 3.05) is 31.6 Å². The molecule has 1 aromatic heterocycles. The van der Waals surface area contributed by atoms with Gasteiger partial charge in [-0.05, 0) is 37.6 Å². The first kappa shape index (κ1) is 20.8. The summed E-state index contributed by atoms with van der Waals surface area (Å²) < 4.78 is 44.2. The average Bonchev–Trinajstić information content (AvgIpc) is 3.19. The summed E-state index contributed by atoms with van der Waals surface area (Å²) >= 11 is 0. The van der Waals surface area contributed by atoms with Gasteiger partial charge < -0.3 is 20.3 Å². The van der Waals surface area contributed by atoms with E-state index in [1.807, 2.05) is 0 Å². The number of phenols is 1. The fourth-order valence-corrected chi connectivity index (χ4v) is 4.02. The number of aromatic nitrogens is 2. The van der Waals surface area contributed by atoms with Crippen LogP contribution in [0.2, 0.25) is 0 Å². The Hall–Kier alpha value is -2.43. The van der Waals surface area contributed by atoms with Gasteiger partial charge in [-0.1, -0.05) is 0 Å². The van der Waals surface area contributed by atoms with E-state index in [-0.39, 0.29) is 24.8 Å². The lowest BCUT2D eigenvalue weighted by Gasteiger charge is -2.33. The number of anilines is 1. The number of aromatic hydroxyl groups is 1. The van der Waals surface area contributed by atoms with E-state index in [1.165, 1.54) is 6.07 Å². The number of fused-ring (bicyclic) bond motifs is 1. The number of rotatable bonds is 5. The van der Waals surface area contributed by atoms with Crippen molar-refractivity contribution in [2.45, 2.75) is 38.3 Å². The minimum atomic E-state index is -4.54. The number of ether oxygens (including phenoxy) is 1. The van der Waals surface area contributed by atoms with Gasteiger partial charge in [0.05, 0.1) is 25.4 Å². The van der Waals surface area contributed by atoms with Crippen LogP contribution in [0, 0.1) is 0 Å². The number of hydrogen-bond acceptors (Lipinski definition) is 7. The molecule has 0 spiro atoms. The van der Waals surface area contributed by atoms with E-state index >= 15 is 0 Å². The van der Waals surface area contributed by atoms with E-state index in [1.54, 1.807) is 0 Å². The van der Waals surface area contributed by atoms with E-state index in [2.05, 4.69) is 20.4 Å². The normalized spacial score (nSPS) is 19.7. The number of aliphatic hydroxyl groups is 1. The Morgan fingerprint density at radius 1 is 1.20 bits per heavy atom. The standard InChI is InChI=1S/C20H23F3N4O3/c21-20(22,23)12-3-4-14(17(29)8-12)18-15-10-30-11-16(15)19(26-25-18)24-13-2-1-5-27(9-13)6-7-28/h3-4,8,13,28-29H,1-2,5-7,9-11H2,(H,24,26)/t13-/m1/s1. The molecule has 0 aliphatic carbocycles. The first-order valence-corrected chi connectivity index (χ1v) is 9.83. The highest BCUT2D eigenvalue weighted by atomic mass is 19.4. The Labute approximate surface area is 171 Å². The monoisotopic (exact) mass is 424 g/mol. The molecule has 162 valence electrons. The zero-order chi connectivity index (χ0) is 21.3. The third-order valence-corrected chi connectivity index (χ3v) is 5.52. The molecule has 30 heavy (non-hydrogen) atoms. The highest BCUT2D eigenvalue weighted by Crippen LogP contribution is 2.39. The molecule has 10 heteroatoms. The molecule has 7 nitrogen and oxygen atoms in total. The van der Waals surface area contributed by atoms with Gasteiger partial charge in [0.2, 0.25) is 0 Å². The summed E-state index contributed by atoms with van der Waals surface area (Å²) in [6.07, 6.45) is -2.58. The van der Waals surface area contributed by atoms with Crippen LogP contribution in [0.1, 0.15) is 29.5 Å². The Balaban J connectivity index is 1.60. The predicted molar refractivity (Wildman–Crippen MR) is 103 cm³/mol. The van der Waals surface area contributed by atoms with Crippen LogP contribution in [0.3, 0.4) is 0 Å². The van der Waals surface area contributed by atoms with Gasteiger partial charge in [-0.3, -0.25) is 4.90 Å². The largest absolute Gasteiger partial charge is 0.507 e. The number of nitrogens with one attached hydrogen (secondary N) is 1. The fraction of sp³-hybridized carbons (Fsp3) is 0.500. The zero-order valence-corrected chi connectivity index (χ0v) is 16.2. The number of aliphatic hydroxyl groups excluding tert-OH is 1. The number of likely N-dealkylation sites (tertiary alicyclic amines) is 1. The lowest BCUT2D eigenvalue weighted by atomic mass is 10.0. The Morgan fingerprint density at radius 2 is 2.00 bits per heavy atom. The number of phenolic OH excluding ortho intramolecular Hbond substituents is 1. The summed E-state index contributed by atoms with van der Waals surface area (Å²) in [4.78, 5) is 2.18. The molecule has 0 bridgehead atoms. The highest BCUT2D eigenvalue weighted by molar-refractivity contribution is 5.73.